The molecule has 0 bridgehead atoms. The summed E-state index contributed by atoms with van der Waals surface area (Å²) < 4.78 is 5.53. The maximum Gasteiger partial charge on any atom is 0.328 e. The van der Waals surface area contributed by atoms with Gasteiger partial charge < -0.3 is 10.1 Å². The lowest BCUT2D eigenvalue weighted by atomic mass is 10.1. The topological polar surface area (TPSA) is 55.4 Å². The third-order valence-electron chi connectivity index (χ3n) is 2.78. The van der Waals surface area contributed by atoms with Crippen LogP contribution >= 0.6 is 15.9 Å². The molecule has 1 N–H and O–H groups in total. The van der Waals surface area contributed by atoms with E-state index >= 15 is 0 Å². The van der Waals surface area contributed by atoms with Gasteiger partial charge in [0, 0.05) is 10.0 Å². The number of hydrogen-bond donors (Lipinski definition) is 1. The Bertz CT molecular complexity index is 488. The summed E-state index contributed by atoms with van der Waals surface area (Å²) in [5.74, 6) is -0.724. The number of allylic oxidation sites excluding steroid dienone is 1. The van der Waals surface area contributed by atoms with Crippen LogP contribution in [0, 0.1) is 0 Å². The minimum absolute atomic E-state index is 0.291. The van der Waals surface area contributed by atoms with Crippen LogP contribution in [-0.4, -0.2) is 25.0 Å². The number of carbonyl (C=O) groups is 2. The molecule has 4 nitrogen and oxygen atoms in total. The first kappa shape index (κ1) is 16.4. The molecule has 0 aliphatic carbocycles. The highest BCUT2D eigenvalue weighted by Gasteiger charge is 2.21. The first-order chi connectivity index (χ1) is 9.58. The molecule has 0 radical (unpaired) electrons. The van der Waals surface area contributed by atoms with E-state index in [4.69, 9.17) is 4.74 Å². The van der Waals surface area contributed by atoms with Gasteiger partial charge in [-0.2, -0.15) is 0 Å². The van der Waals surface area contributed by atoms with E-state index < -0.39 is 12.0 Å². The molecule has 0 aromatic heterocycles. The predicted octanol–water partition coefficient (Wildman–Crippen LogP) is 3.08. The minimum atomic E-state index is -0.633. The van der Waals surface area contributed by atoms with E-state index in [-0.39, 0.29) is 5.91 Å². The molecule has 0 aliphatic rings. The average molecular weight is 340 g/mol. The Balaban J connectivity index is 2.70. The number of ether oxygens (including phenoxy) is 1. The number of carbonyl (C=O) groups excluding carboxylic acids is 2. The van der Waals surface area contributed by atoms with Crippen molar-refractivity contribution < 1.29 is 14.3 Å². The number of benzene rings is 1. The quantitative estimate of drug-likeness (QED) is 0.471. The van der Waals surface area contributed by atoms with Crippen molar-refractivity contribution in [2.45, 2.75) is 25.3 Å². The Morgan fingerprint density at radius 1 is 1.50 bits per heavy atom. The second kappa shape index (κ2) is 8.53. The van der Waals surface area contributed by atoms with Crippen LogP contribution in [0.1, 0.15) is 29.6 Å². The molecule has 20 heavy (non-hydrogen) atoms. The minimum Gasteiger partial charge on any atom is -0.467 e. The standard InChI is InChI=1S/C15H18BrNO3/c1-3-4-5-9-13(15(19)20-2)17-14(18)11-7-6-8-12(16)10-11/h3,6-8,10,13H,1,4-5,9H2,2H3,(H,17,18)/t13-/m1/s1. The molecule has 0 saturated heterocycles. The van der Waals surface area contributed by atoms with Crippen LogP contribution in [-0.2, 0) is 9.53 Å². The van der Waals surface area contributed by atoms with Gasteiger partial charge >= 0.3 is 5.97 Å². The third-order valence-corrected chi connectivity index (χ3v) is 3.27. The summed E-state index contributed by atoms with van der Waals surface area (Å²) >= 11 is 3.31. The Kier molecular flexibility index (Phi) is 7.01. The smallest absolute Gasteiger partial charge is 0.328 e. The van der Waals surface area contributed by atoms with Gasteiger partial charge in [0.05, 0.1) is 7.11 Å². The van der Waals surface area contributed by atoms with Gasteiger partial charge in [0.25, 0.3) is 5.91 Å². The summed E-state index contributed by atoms with van der Waals surface area (Å²) in [6.45, 7) is 3.63. The van der Waals surface area contributed by atoms with Gasteiger partial charge in [-0.15, -0.1) is 6.58 Å². The summed E-state index contributed by atoms with van der Waals surface area (Å²) in [6.07, 6.45) is 3.87. The van der Waals surface area contributed by atoms with Crippen LogP contribution in [0.2, 0.25) is 0 Å². The average Bonchev–Trinajstić information content (AvgIpc) is 2.45. The van der Waals surface area contributed by atoms with Crippen LogP contribution in [0.25, 0.3) is 0 Å². The zero-order valence-corrected chi connectivity index (χ0v) is 13.0. The lowest BCUT2D eigenvalue weighted by Crippen LogP contribution is -2.41. The Hall–Kier alpha value is -1.62. The summed E-state index contributed by atoms with van der Waals surface area (Å²) in [6, 6.07) is 6.36. The Labute approximate surface area is 127 Å². The summed E-state index contributed by atoms with van der Waals surface area (Å²) in [5.41, 5.74) is 0.497. The Morgan fingerprint density at radius 3 is 2.85 bits per heavy atom. The lowest BCUT2D eigenvalue weighted by Gasteiger charge is -2.16. The molecule has 0 spiro atoms. The van der Waals surface area contributed by atoms with Crippen LogP contribution in [0.5, 0.6) is 0 Å². The van der Waals surface area contributed by atoms with Crippen molar-refractivity contribution in [2.24, 2.45) is 0 Å². The number of hydrogen-bond acceptors (Lipinski definition) is 3. The fraction of sp³-hybridized carbons (Fsp3) is 0.333. The molecule has 0 saturated carbocycles. The maximum atomic E-state index is 12.1. The van der Waals surface area contributed by atoms with Crippen molar-refractivity contribution in [3.05, 3.63) is 47.0 Å². The second-order valence-corrected chi connectivity index (χ2v) is 5.19. The first-order valence-electron chi connectivity index (χ1n) is 6.33. The highest BCUT2D eigenvalue weighted by molar-refractivity contribution is 9.10. The molecule has 1 atom stereocenters. The van der Waals surface area contributed by atoms with Gasteiger partial charge in [0.2, 0.25) is 0 Å². The van der Waals surface area contributed by atoms with Crippen molar-refractivity contribution in [2.75, 3.05) is 7.11 Å². The highest BCUT2D eigenvalue weighted by Crippen LogP contribution is 2.12. The summed E-state index contributed by atoms with van der Waals surface area (Å²) in [7, 11) is 1.31. The van der Waals surface area contributed by atoms with E-state index in [2.05, 4.69) is 27.8 Å². The lowest BCUT2D eigenvalue weighted by molar-refractivity contribution is -0.143. The molecule has 5 heteroatoms. The molecule has 0 aliphatic heterocycles. The largest absolute Gasteiger partial charge is 0.467 e. The normalized spacial score (nSPS) is 11.5. The fourth-order valence-electron chi connectivity index (χ4n) is 1.73. The zero-order valence-electron chi connectivity index (χ0n) is 11.4. The van der Waals surface area contributed by atoms with E-state index in [0.29, 0.717) is 12.0 Å². The molecule has 0 heterocycles. The number of halogens is 1. The molecule has 1 aromatic rings. The first-order valence-corrected chi connectivity index (χ1v) is 7.13. The highest BCUT2D eigenvalue weighted by atomic mass is 79.9. The third kappa shape index (κ3) is 5.17. The van der Waals surface area contributed by atoms with Crippen molar-refractivity contribution in [3.8, 4) is 0 Å². The van der Waals surface area contributed by atoms with Crippen molar-refractivity contribution in [1.29, 1.82) is 0 Å². The maximum absolute atomic E-state index is 12.1. The van der Waals surface area contributed by atoms with Crippen LogP contribution in [0.4, 0.5) is 0 Å². The molecular formula is C15H18BrNO3. The van der Waals surface area contributed by atoms with Gasteiger partial charge in [-0.1, -0.05) is 28.1 Å². The fourth-order valence-corrected chi connectivity index (χ4v) is 2.13. The molecule has 1 aromatic carbocycles. The van der Waals surface area contributed by atoms with Gasteiger partial charge in [-0.05, 0) is 37.5 Å². The number of amides is 1. The molecule has 0 unspecified atom stereocenters. The number of rotatable bonds is 7. The number of methoxy groups -OCH3 is 1. The van der Waals surface area contributed by atoms with Crippen LogP contribution in [0.3, 0.4) is 0 Å². The Morgan fingerprint density at radius 2 is 2.25 bits per heavy atom. The monoisotopic (exact) mass is 339 g/mol. The molecule has 1 amide bonds. The van der Waals surface area contributed by atoms with E-state index in [9.17, 15) is 9.59 Å². The zero-order chi connectivity index (χ0) is 15.0. The molecule has 108 valence electrons. The molecule has 1 rings (SSSR count). The van der Waals surface area contributed by atoms with E-state index in [1.807, 2.05) is 6.07 Å². The van der Waals surface area contributed by atoms with Crippen molar-refractivity contribution >= 4 is 27.8 Å². The van der Waals surface area contributed by atoms with Gasteiger partial charge in [-0.3, -0.25) is 4.79 Å². The van der Waals surface area contributed by atoms with E-state index in [1.165, 1.54) is 7.11 Å². The summed E-state index contributed by atoms with van der Waals surface area (Å²) in [4.78, 5) is 23.8. The second-order valence-electron chi connectivity index (χ2n) is 4.28. The molecule has 0 fully saturated rings. The van der Waals surface area contributed by atoms with Gasteiger partial charge in [-0.25, -0.2) is 4.79 Å². The SMILES string of the molecule is C=CCCC[C@@H](NC(=O)c1cccc(Br)c1)C(=O)OC. The summed E-state index contributed by atoms with van der Waals surface area (Å²) in [5, 5.41) is 2.70. The predicted molar refractivity (Wildman–Crippen MR) is 81.5 cm³/mol. The van der Waals surface area contributed by atoms with Crippen LogP contribution < -0.4 is 5.32 Å². The van der Waals surface area contributed by atoms with E-state index in [1.54, 1.807) is 24.3 Å². The van der Waals surface area contributed by atoms with E-state index in [0.717, 1.165) is 17.3 Å². The van der Waals surface area contributed by atoms with Crippen molar-refractivity contribution in [3.63, 3.8) is 0 Å². The van der Waals surface area contributed by atoms with Crippen molar-refractivity contribution in [1.82, 2.24) is 5.32 Å². The van der Waals surface area contributed by atoms with Gasteiger partial charge in [0.1, 0.15) is 6.04 Å². The van der Waals surface area contributed by atoms with Crippen LogP contribution in [0.15, 0.2) is 41.4 Å². The number of esters is 1. The number of unbranched alkanes of at least 4 members (excludes halogenated alkanes) is 1. The molecular weight excluding hydrogens is 322 g/mol. The van der Waals surface area contributed by atoms with Gasteiger partial charge in [0.15, 0.2) is 0 Å². The number of nitrogens with one attached hydrogen (secondary N) is 1.